The minimum Gasteiger partial charge on any atom is -0.271 e. The molecule has 0 saturated carbocycles. The van der Waals surface area contributed by atoms with Crippen molar-refractivity contribution in [1.82, 2.24) is 5.43 Å². The van der Waals surface area contributed by atoms with Gasteiger partial charge in [-0.1, -0.05) is 73.1 Å². The SMILES string of the molecule is CCCCCCCCC(CC(C)CC(C)(C)C)NN. The molecule has 0 bridgehead atoms. The van der Waals surface area contributed by atoms with Crippen molar-refractivity contribution in [2.45, 2.75) is 98.4 Å². The van der Waals surface area contributed by atoms with E-state index in [0.717, 1.165) is 5.92 Å². The minimum absolute atomic E-state index is 0.429. The third kappa shape index (κ3) is 12.7. The van der Waals surface area contributed by atoms with Crippen molar-refractivity contribution in [3.8, 4) is 0 Å². The van der Waals surface area contributed by atoms with Crippen LogP contribution in [0.15, 0.2) is 0 Å². The van der Waals surface area contributed by atoms with Crippen LogP contribution < -0.4 is 11.3 Å². The Bertz CT molecular complexity index is 196. The highest BCUT2D eigenvalue weighted by molar-refractivity contribution is 4.72. The molecule has 0 aromatic carbocycles. The largest absolute Gasteiger partial charge is 0.271 e. The van der Waals surface area contributed by atoms with E-state index in [0.29, 0.717) is 11.5 Å². The van der Waals surface area contributed by atoms with Crippen LogP contribution in [0.3, 0.4) is 0 Å². The molecule has 2 unspecified atom stereocenters. The van der Waals surface area contributed by atoms with E-state index in [1.165, 1.54) is 57.8 Å². The summed E-state index contributed by atoms with van der Waals surface area (Å²) in [7, 11) is 0. The summed E-state index contributed by atoms with van der Waals surface area (Å²) in [5, 5.41) is 0. The first-order valence-corrected chi connectivity index (χ1v) is 8.35. The van der Waals surface area contributed by atoms with E-state index in [1.54, 1.807) is 0 Å². The van der Waals surface area contributed by atoms with Gasteiger partial charge in [-0.25, -0.2) is 0 Å². The van der Waals surface area contributed by atoms with E-state index < -0.39 is 0 Å². The van der Waals surface area contributed by atoms with E-state index in [2.05, 4.69) is 40.0 Å². The average Bonchev–Trinajstić information content (AvgIpc) is 2.29. The maximum Gasteiger partial charge on any atom is 0.0213 e. The first-order chi connectivity index (χ1) is 8.89. The van der Waals surface area contributed by atoms with Crippen molar-refractivity contribution in [1.29, 1.82) is 0 Å². The Kier molecular flexibility index (Phi) is 10.6. The Hall–Kier alpha value is -0.0800. The number of hydrazine groups is 1. The second kappa shape index (κ2) is 10.7. The molecule has 2 atom stereocenters. The van der Waals surface area contributed by atoms with Gasteiger partial charge in [0.05, 0.1) is 0 Å². The van der Waals surface area contributed by atoms with Crippen LogP contribution in [0.2, 0.25) is 0 Å². The molecule has 19 heavy (non-hydrogen) atoms. The predicted octanol–water partition coefficient (Wildman–Crippen LogP) is 5.03. The average molecular weight is 271 g/mol. The molecular formula is C17H38N2. The number of nitrogens with two attached hydrogens (primary N) is 1. The Labute approximate surface area is 121 Å². The fourth-order valence-corrected chi connectivity index (χ4v) is 3.05. The standard InChI is InChI=1S/C17H38N2/c1-6-7-8-9-10-11-12-16(19-18)13-15(2)14-17(3,4)5/h15-16,19H,6-14,18H2,1-5H3. The van der Waals surface area contributed by atoms with Crippen molar-refractivity contribution in [2.24, 2.45) is 17.2 Å². The minimum atomic E-state index is 0.429. The van der Waals surface area contributed by atoms with Crippen LogP contribution in [-0.4, -0.2) is 6.04 Å². The molecule has 0 fully saturated rings. The third-order valence-corrected chi connectivity index (χ3v) is 3.79. The number of hydrogen-bond donors (Lipinski definition) is 2. The highest BCUT2D eigenvalue weighted by Gasteiger charge is 2.18. The number of nitrogens with one attached hydrogen (secondary N) is 1. The number of unbranched alkanes of at least 4 members (excludes halogenated alkanes) is 5. The summed E-state index contributed by atoms with van der Waals surface area (Å²) >= 11 is 0. The van der Waals surface area contributed by atoms with Gasteiger partial charge in [0.2, 0.25) is 0 Å². The summed E-state index contributed by atoms with van der Waals surface area (Å²) in [6.45, 7) is 11.6. The van der Waals surface area contributed by atoms with Gasteiger partial charge < -0.3 is 0 Å². The van der Waals surface area contributed by atoms with Crippen LogP contribution in [-0.2, 0) is 0 Å². The van der Waals surface area contributed by atoms with Gasteiger partial charge in [-0.15, -0.1) is 0 Å². The monoisotopic (exact) mass is 270 g/mol. The molecule has 0 spiro atoms. The second-order valence-electron chi connectivity index (χ2n) is 7.53. The molecule has 0 saturated heterocycles. The van der Waals surface area contributed by atoms with Crippen molar-refractivity contribution < 1.29 is 0 Å². The fourth-order valence-electron chi connectivity index (χ4n) is 3.05. The highest BCUT2D eigenvalue weighted by atomic mass is 15.2. The van der Waals surface area contributed by atoms with Gasteiger partial charge in [-0.3, -0.25) is 11.3 Å². The molecule has 0 aliphatic rings. The maximum atomic E-state index is 5.70. The molecule has 0 aliphatic carbocycles. The van der Waals surface area contributed by atoms with Crippen molar-refractivity contribution in [2.75, 3.05) is 0 Å². The summed E-state index contributed by atoms with van der Waals surface area (Å²) in [6.07, 6.45) is 11.9. The summed E-state index contributed by atoms with van der Waals surface area (Å²) in [6, 6.07) is 0.503. The van der Waals surface area contributed by atoms with Gasteiger partial charge in [0, 0.05) is 6.04 Å². The summed E-state index contributed by atoms with van der Waals surface area (Å²) in [5.41, 5.74) is 3.45. The topological polar surface area (TPSA) is 38.0 Å². The van der Waals surface area contributed by atoms with Crippen LogP contribution in [0.4, 0.5) is 0 Å². The lowest BCUT2D eigenvalue weighted by Crippen LogP contribution is -2.36. The van der Waals surface area contributed by atoms with Crippen LogP contribution in [0.1, 0.15) is 92.4 Å². The highest BCUT2D eigenvalue weighted by Crippen LogP contribution is 2.27. The lowest BCUT2D eigenvalue weighted by Gasteiger charge is -2.26. The number of hydrogen-bond acceptors (Lipinski definition) is 2. The van der Waals surface area contributed by atoms with E-state index in [1.807, 2.05) is 0 Å². The quantitative estimate of drug-likeness (QED) is 0.314. The lowest BCUT2D eigenvalue weighted by molar-refractivity contribution is 0.269. The van der Waals surface area contributed by atoms with Gasteiger partial charge in [0.1, 0.15) is 0 Å². The lowest BCUT2D eigenvalue weighted by atomic mass is 9.82. The molecule has 2 heteroatoms. The summed E-state index contributed by atoms with van der Waals surface area (Å²) in [5.74, 6) is 6.45. The van der Waals surface area contributed by atoms with Crippen LogP contribution in [0, 0.1) is 11.3 Å². The zero-order valence-corrected chi connectivity index (χ0v) is 14.1. The molecule has 3 N–H and O–H groups in total. The van der Waals surface area contributed by atoms with E-state index in [4.69, 9.17) is 5.84 Å². The van der Waals surface area contributed by atoms with Gasteiger partial charge in [0.15, 0.2) is 0 Å². The third-order valence-electron chi connectivity index (χ3n) is 3.79. The Balaban J connectivity index is 3.70. The first kappa shape index (κ1) is 18.9. The van der Waals surface area contributed by atoms with Crippen molar-refractivity contribution in [3.05, 3.63) is 0 Å². The van der Waals surface area contributed by atoms with Gasteiger partial charge >= 0.3 is 0 Å². The summed E-state index contributed by atoms with van der Waals surface area (Å²) < 4.78 is 0. The molecule has 0 radical (unpaired) electrons. The molecule has 0 rings (SSSR count). The zero-order chi connectivity index (χ0) is 14.7. The molecule has 0 aromatic heterocycles. The Morgan fingerprint density at radius 1 is 1.00 bits per heavy atom. The van der Waals surface area contributed by atoms with E-state index in [9.17, 15) is 0 Å². The van der Waals surface area contributed by atoms with E-state index >= 15 is 0 Å². The van der Waals surface area contributed by atoms with Crippen LogP contribution in [0.25, 0.3) is 0 Å². The van der Waals surface area contributed by atoms with Crippen LogP contribution >= 0.6 is 0 Å². The first-order valence-electron chi connectivity index (χ1n) is 8.35. The molecule has 0 aromatic rings. The van der Waals surface area contributed by atoms with Crippen molar-refractivity contribution in [3.63, 3.8) is 0 Å². The summed E-state index contributed by atoms with van der Waals surface area (Å²) in [4.78, 5) is 0. The zero-order valence-electron chi connectivity index (χ0n) is 14.1. The second-order valence-corrected chi connectivity index (χ2v) is 7.53. The smallest absolute Gasteiger partial charge is 0.0213 e. The van der Waals surface area contributed by atoms with Crippen LogP contribution in [0.5, 0.6) is 0 Å². The fraction of sp³-hybridized carbons (Fsp3) is 1.00. The van der Waals surface area contributed by atoms with Gasteiger partial charge in [0.25, 0.3) is 0 Å². The normalized spacial score (nSPS) is 15.5. The van der Waals surface area contributed by atoms with Gasteiger partial charge in [-0.05, 0) is 30.6 Å². The molecule has 0 amide bonds. The Morgan fingerprint density at radius 3 is 2.11 bits per heavy atom. The van der Waals surface area contributed by atoms with E-state index in [-0.39, 0.29) is 0 Å². The molecule has 2 nitrogen and oxygen atoms in total. The molecule has 116 valence electrons. The maximum absolute atomic E-state index is 5.70. The molecule has 0 heterocycles. The molecule has 0 aliphatic heterocycles. The Morgan fingerprint density at radius 2 is 1.58 bits per heavy atom. The van der Waals surface area contributed by atoms with Crippen molar-refractivity contribution >= 4 is 0 Å². The number of rotatable bonds is 11. The van der Waals surface area contributed by atoms with Gasteiger partial charge in [-0.2, -0.15) is 0 Å². The molecular weight excluding hydrogens is 232 g/mol. The predicted molar refractivity (Wildman–Crippen MR) is 87.0 cm³/mol.